The van der Waals surface area contributed by atoms with E-state index in [-0.39, 0.29) is 12.4 Å². The molecular weight excluding hydrogens is 252 g/mol. The molecule has 0 bridgehead atoms. The third-order valence-electron chi connectivity index (χ3n) is 2.88. The van der Waals surface area contributed by atoms with E-state index in [2.05, 4.69) is 4.98 Å². The van der Waals surface area contributed by atoms with E-state index < -0.39 is 11.5 Å². The normalized spacial score (nSPS) is 13.7. The monoisotopic (exact) mass is 268 g/mol. The SMILES string of the molecule is COC(=O)C(C)(N)Cc1c[nH]c2ccccc12.Cl. The van der Waals surface area contributed by atoms with Gasteiger partial charge in [-0.1, -0.05) is 18.2 Å². The van der Waals surface area contributed by atoms with Gasteiger partial charge in [-0.25, -0.2) is 0 Å². The maximum absolute atomic E-state index is 11.5. The lowest BCUT2D eigenvalue weighted by Crippen LogP contribution is -2.47. The lowest BCUT2D eigenvalue weighted by Gasteiger charge is -2.20. The number of rotatable bonds is 3. The van der Waals surface area contributed by atoms with Gasteiger partial charge < -0.3 is 15.5 Å². The van der Waals surface area contributed by atoms with Crippen LogP contribution < -0.4 is 5.73 Å². The minimum Gasteiger partial charge on any atom is -0.468 e. The molecule has 0 fully saturated rings. The summed E-state index contributed by atoms with van der Waals surface area (Å²) < 4.78 is 4.70. The van der Waals surface area contributed by atoms with Gasteiger partial charge in [0.15, 0.2) is 0 Å². The van der Waals surface area contributed by atoms with Crippen molar-refractivity contribution in [2.75, 3.05) is 7.11 Å². The van der Waals surface area contributed by atoms with Crippen LogP contribution in [0.15, 0.2) is 30.5 Å². The van der Waals surface area contributed by atoms with E-state index in [1.807, 2.05) is 30.5 Å². The lowest BCUT2D eigenvalue weighted by atomic mass is 9.94. The number of fused-ring (bicyclic) bond motifs is 1. The van der Waals surface area contributed by atoms with E-state index in [0.717, 1.165) is 16.5 Å². The van der Waals surface area contributed by atoms with E-state index in [4.69, 9.17) is 10.5 Å². The molecule has 0 radical (unpaired) electrons. The number of H-pyrrole nitrogens is 1. The van der Waals surface area contributed by atoms with E-state index in [9.17, 15) is 4.79 Å². The zero-order valence-electron chi connectivity index (χ0n) is 10.4. The Hall–Kier alpha value is -1.52. The highest BCUT2D eigenvalue weighted by molar-refractivity contribution is 5.86. The number of hydrogen-bond acceptors (Lipinski definition) is 3. The van der Waals surface area contributed by atoms with E-state index in [1.54, 1.807) is 6.92 Å². The molecule has 1 unspecified atom stereocenters. The molecule has 0 saturated carbocycles. The molecule has 2 rings (SSSR count). The standard InChI is InChI=1S/C13H16N2O2.ClH/c1-13(14,12(16)17-2)7-9-8-15-11-6-4-3-5-10(9)11;/h3-6,8,15H,7,14H2,1-2H3;1H. The second-order valence-corrected chi connectivity index (χ2v) is 4.45. The number of aromatic amines is 1. The van der Waals surface area contributed by atoms with Gasteiger partial charge in [-0.15, -0.1) is 12.4 Å². The number of carbonyl (C=O) groups is 1. The minimum absolute atomic E-state index is 0. The third-order valence-corrected chi connectivity index (χ3v) is 2.88. The van der Waals surface area contributed by atoms with Crippen LogP contribution in [-0.2, 0) is 16.0 Å². The number of carbonyl (C=O) groups excluding carboxylic acids is 1. The van der Waals surface area contributed by atoms with Gasteiger partial charge in [-0.2, -0.15) is 0 Å². The molecule has 0 aliphatic heterocycles. The van der Waals surface area contributed by atoms with Crippen LogP contribution in [0.25, 0.3) is 10.9 Å². The first-order valence-electron chi connectivity index (χ1n) is 5.47. The summed E-state index contributed by atoms with van der Waals surface area (Å²) in [4.78, 5) is 14.7. The summed E-state index contributed by atoms with van der Waals surface area (Å²) in [6.07, 6.45) is 2.34. The largest absolute Gasteiger partial charge is 0.468 e. The highest BCUT2D eigenvalue weighted by atomic mass is 35.5. The topological polar surface area (TPSA) is 68.1 Å². The molecular formula is C13H17ClN2O2. The Morgan fingerprint density at radius 2 is 2.11 bits per heavy atom. The zero-order chi connectivity index (χ0) is 12.5. The first kappa shape index (κ1) is 14.5. The van der Waals surface area contributed by atoms with Crippen LogP contribution in [0.4, 0.5) is 0 Å². The molecule has 98 valence electrons. The summed E-state index contributed by atoms with van der Waals surface area (Å²) in [6.45, 7) is 1.68. The zero-order valence-corrected chi connectivity index (χ0v) is 11.2. The average molecular weight is 269 g/mol. The summed E-state index contributed by atoms with van der Waals surface area (Å²) in [6, 6.07) is 7.93. The van der Waals surface area contributed by atoms with Crippen LogP contribution in [0.3, 0.4) is 0 Å². The second-order valence-electron chi connectivity index (χ2n) is 4.45. The molecule has 4 nitrogen and oxygen atoms in total. The number of ether oxygens (including phenoxy) is 1. The fourth-order valence-corrected chi connectivity index (χ4v) is 1.98. The van der Waals surface area contributed by atoms with Crippen LogP contribution in [-0.4, -0.2) is 23.6 Å². The van der Waals surface area contributed by atoms with Gasteiger partial charge in [0, 0.05) is 23.5 Å². The molecule has 0 spiro atoms. The quantitative estimate of drug-likeness (QED) is 0.837. The van der Waals surface area contributed by atoms with Crippen molar-refractivity contribution < 1.29 is 9.53 Å². The van der Waals surface area contributed by atoms with E-state index in [0.29, 0.717) is 6.42 Å². The van der Waals surface area contributed by atoms with Gasteiger partial charge in [0.05, 0.1) is 7.11 Å². The highest BCUT2D eigenvalue weighted by Crippen LogP contribution is 2.21. The van der Waals surface area contributed by atoms with Crippen molar-refractivity contribution in [1.82, 2.24) is 4.98 Å². The molecule has 1 aromatic carbocycles. The van der Waals surface area contributed by atoms with Gasteiger partial charge in [-0.05, 0) is 18.6 Å². The average Bonchev–Trinajstić information content (AvgIpc) is 2.71. The Bertz CT molecular complexity index is 549. The predicted molar refractivity (Wildman–Crippen MR) is 73.9 cm³/mol. The van der Waals surface area contributed by atoms with Crippen LogP contribution >= 0.6 is 12.4 Å². The fourth-order valence-electron chi connectivity index (χ4n) is 1.98. The summed E-state index contributed by atoms with van der Waals surface area (Å²) in [5.74, 6) is -0.400. The molecule has 0 aliphatic carbocycles. The van der Waals surface area contributed by atoms with Gasteiger partial charge in [0.1, 0.15) is 5.54 Å². The lowest BCUT2D eigenvalue weighted by molar-refractivity contribution is -0.146. The molecule has 0 aliphatic rings. The van der Waals surface area contributed by atoms with Crippen molar-refractivity contribution >= 4 is 29.3 Å². The number of para-hydroxylation sites is 1. The number of halogens is 1. The van der Waals surface area contributed by atoms with Crippen molar-refractivity contribution in [1.29, 1.82) is 0 Å². The maximum Gasteiger partial charge on any atom is 0.325 e. The Kier molecular flexibility index (Phi) is 4.38. The van der Waals surface area contributed by atoms with Gasteiger partial charge in [0.25, 0.3) is 0 Å². The number of esters is 1. The summed E-state index contributed by atoms with van der Waals surface area (Å²) in [5.41, 5.74) is 7.03. The Morgan fingerprint density at radius 3 is 2.78 bits per heavy atom. The fraction of sp³-hybridized carbons (Fsp3) is 0.308. The number of benzene rings is 1. The predicted octanol–water partition coefficient (Wildman–Crippen LogP) is 2.02. The van der Waals surface area contributed by atoms with Crippen molar-refractivity contribution in [2.24, 2.45) is 5.73 Å². The smallest absolute Gasteiger partial charge is 0.325 e. The van der Waals surface area contributed by atoms with Crippen molar-refractivity contribution in [3.63, 3.8) is 0 Å². The number of nitrogens with one attached hydrogen (secondary N) is 1. The second kappa shape index (κ2) is 5.42. The van der Waals surface area contributed by atoms with Gasteiger partial charge in [0.2, 0.25) is 0 Å². The Labute approximate surface area is 112 Å². The Morgan fingerprint density at radius 1 is 1.44 bits per heavy atom. The van der Waals surface area contributed by atoms with E-state index in [1.165, 1.54) is 7.11 Å². The third kappa shape index (κ3) is 2.66. The molecule has 18 heavy (non-hydrogen) atoms. The van der Waals surface area contributed by atoms with Crippen LogP contribution in [0, 0.1) is 0 Å². The molecule has 1 aromatic heterocycles. The molecule has 1 heterocycles. The van der Waals surface area contributed by atoms with Crippen LogP contribution in [0.1, 0.15) is 12.5 Å². The number of nitrogens with two attached hydrogens (primary N) is 1. The first-order chi connectivity index (χ1) is 8.04. The molecule has 1 atom stereocenters. The number of hydrogen-bond donors (Lipinski definition) is 2. The number of aromatic nitrogens is 1. The summed E-state index contributed by atoms with van der Waals surface area (Å²) >= 11 is 0. The molecule has 0 saturated heterocycles. The van der Waals surface area contributed by atoms with Crippen molar-refractivity contribution in [3.8, 4) is 0 Å². The molecule has 2 aromatic rings. The molecule has 3 N–H and O–H groups in total. The first-order valence-corrected chi connectivity index (χ1v) is 5.47. The van der Waals surface area contributed by atoms with Gasteiger partial charge >= 0.3 is 5.97 Å². The minimum atomic E-state index is -1.00. The summed E-state index contributed by atoms with van der Waals surface area (Å²) in [5, 5.41) is 1.09. The van der Waals surface area contributed by atoms with E-state index >= 15 is 0 Å². The van der Waals surface area contributed by atoms with Crippen LogP contribution in [0.5, 0.6) is 0 Å². The maximum atomic E-state index is 11.5. The summed E-state index contributed by atoms with van der Waals surface area (Å²) in [7, 11) is 1.35. The van der Waals surface area contributed by atoms with Gasteiger partial charge in [-0.3, -0.25) is 4.79 Å². The highest BCUT2D eigenvalue weighted by Gasteiger charge is 2.30. The van der Waals surface area contributed by atoms with Crippen LogP contribution in [0.2, 0.25) is 0 Å². The molecule has 0 amide bonds. The number of methoxy groups -OCH3 is 1. The van der Waals surface area contributed by atoms with Crippen molar-refractivity contribution in [2.45, 2.75) is 18.9 Å². The molecule has 5 heteroatoms. The Balaban J connectivity index is 0.00000162. The van der Waals surface area contributed by atoms with Crippen molar-refractivity contribution in [3.05, 3.63) is 36.0 Å².